The van der Waals surface area contributed by atoms with E-state index in [1.54, 1.807) is 10.9 Å². The third kappa shape index (κ3) is 2.57. The SMILES string of the molecule is Cc1ccc(-n2cccn2)cc1NC(=O)N1CC[C@@H]2CC[C@@H](O)[C@@H]21. The molecule has 1 aromatic carbocycles. The maximum atomic E-state index is 12.7. The van der Waals surface area contributed by atoms with E-state index in [1.807, 2.05) is 42.3 Å². The number of nitrogens with zero attached hydrogens (tertiary/aromatic N) is 3. The third-order valence-electron chi connectivity index (χ3n) is 5.30. The summed E-state index contributed by atoms with van der Waals surface area (Å²) in [5.41, 5.74) is 2.69. The molecule has 1 saturated heterocycles. The van der Waals surface area contributed by atoms with Crippen LogP contribution in [-0.4, -0.2) is 44.5 Å². The smallest absolute Gasteiger partial charge is 0.322 e. The normalized spacial score (nSPS) is 25.8. The predicted molar refractivity (Wildman–Crippen MR) is 91.2 cm³/mol. The fourth-order valence-corrected chi connectivity index (χ4v) is 4.00. The van der Waals surface area contributed by atoms with E-state index < -0.39 is 0 Å². The molecule has 4 rings (SSSR count). The second-order valence-electron chi connectivity index (χ2n) is 6.76. The van der Waals surface area contributed by atoms with Crippen LogP contribution in [0.1, 0.15) is 24.8 Å². The first kappa shape index (κ1) is 15.2. The highest BCUT2D eigenvalue weighted by molar-refractivity contribution is 5.91. The lowest BCUT2D eigenvalue weighted by Crippen LogP contribution is -2.44. The Bertz CT molecular complexity index is 743. The van der Waals surface area contributed by atoms with Crippen molar-refractivity contribution in [1.29, 1.82) is 0 Å². The molecule has 2 aliphatic rings. The summed E-state index contributed by atoms with van der Waals surface area (Å²) in [6.45, 7) is 2.69. The number of rotatable bonds is 2. The van der Waals surface area contributed by atoms with Gasteiger partial charge in [-0.15, -0.1) is 0 Å². The molecular weight excluding hydrogens is 304 g/mol. The van der Waals surface area contributed by atoms with E-state index >= 15 is 0 Å². The number of carbonyl (C=O) groups is 1. The van der Waals surface area contributed by atoms with Crippen LogP contribution in [0.15, 0.2) is 36.7 Å². The van der Waals surface area contributed by atoms with Crippen LogP contribution in [0.5, 0.6) is 0 Å². The molecule has 6 heteroatoms. The molecule has 0 radical (unpaired) electrons. The van der Waals surface area contributed by atoms with Gasteiger partial charge in [0.05, 0.1) is 17.8 Å². The standard InChI is InChI=1S/C18H22N4O2/c1-12-3-5-14(22-9-2-8-19-22)11-15(12)20-18(24)21-10-7-13-4-6-16(23)17(13)21/h2-3,5,8-9,11,13,16-17,23H,4,6-7,10H2,1H3,(H,20,24)/t13-,16+,17+/m0/s1. The van der Waals surface area contributed by atoms with Crippen LogP contribution in [0.4, 0.5) is 10.5 Å². The highest BCUT2D eigenvalue weighted by Crippen LogP contribution is 2.38. The van der Waals surface area contributed by atoms with Gasteiger partial charge in [-0.1, -0.05) is 6.07 Å². The molecule has 3 atom stereocenters. The lowest BCUT2D eigenvalue weighted by atomic mass is 10.0. The molecule has 2 aromatic rings. The molecule has 6 nitrogen and oxygen atoms in total. The molecular formula is C18H22N4O2. The summed E-state index contributed by atoms with van der Waals surface area (Å²) < 4.78 is 1.77. The lowest BCUT2D eigenvalue weighted by molar-refractivity contribution is 0.101. The fourth-order valence-electron chi connectivity index (χ4n) is 4.00. The molecule has 2 amide bonds. The number of carbonyl (C=O) groups excluding carboxylic acids is 1. The average Bonchev–Trinajstić information content (AvgIpc) is 3.29. The van der Waals surface area contributed by atoms with E-state index in [-0.39, 0.29) is 18.2 Å². The Morgan fingerprint density at radius 2 is 2.21 bits per heavy atom. The Balaban J connectivity index is 1.55. The van der Waals surface area contributed by atoms with Crippen LogP contribution in [0, 0.1) is 12.8 Å². The minimum absolute atomic E-state index is 0.0281. The first-order valence-electron chi connectivity index (χ1n) is 8.50. The molecule has 126 valence electrons. The number of aromatic nitrogens is 2. The van der Waals surface area contributed by atoms with E-state index in [0.717, 1.165) is 42.7 Å². The number of nitrogens with one attached hydrogen (secondary N) is 1. The summed E-state index contributed by atoms with van der Waals surface area (Å²) in [6.07, 6.45) is 6.01. The number of aliphatic hydroxyl groups excluding tert-OH is 1. The quantitative estimate of drug-likeness (QED) is 0.891. The summed E-state index contributed by atoms with van der Waals surface area (Å²) in [7, 11) is 0. The van der Waals surface area contributed by atoms with Gasteiger partial charge in [-0.05, 0) is 55.9 Å². The first-order valence-corrected chi connectivity index (χ1v) is 8.50. The summed E-state index contributed by atoms with van der Waals surface area (Å²) >= 11 is 0. The summed E-state index contributed by atoms with van der Waals surface area (Å²) in [5, 5.41) is 17.4. The molecule has 2 N–H and O–H groups in total. The second kappa shape index (κ2) is 5.94. The molecule has 1 saturated carbocycles. The van der Waals surface area contributed by atoms with Crippen LogP contribution >= 0.6 is 0 Å². The van der Waals surface area contributed by atoms with Gasteiger partial charge in [0.15, 0.2) is 0 Å². The van der Waals surface area contributed by atoms with Gasteiger partial charge < -0.3 is 15.3 Å². The number of urea groups is 1. The van der Waals surface area contributed by atoms with Gasteiger partial charge in [0.2, 0.25) is 0 Å². The Morgan fingerprint density at radius 3 is 3.00 bits per heavy atom. The highest BCUT2D eigenvalue weighted by atomic mass is 16.3. The molecule has 1 aromatic heterocycles. The van der Waals surface area contributed by atoms with Gasteiger partial charge in [0.25, 0.3) is 0 Å². The van der Waals surface area contributed by atoms with Crippen LogP contribution in [0.3, 0.4) is 0 Å². The Morgan fingerprint density at radius 1 is 1.33 bits per heavy atom. The summed E-state index contributed by atoms with van der Waals surface area (Å²) in [5.74, 6) is 0.447. The summed E-state index contributed by atoms with van der Waals surface area (Å²) in [6, 6.07) is 7.60. The lowest BCUT2D eigenvalue weighted by Gasteiger charge is -2.27. The maximum absolute atomic E-state index is 12.7. The number of amides is 2. The molecule has 1 aliphatic carbocycles. The average molecular weight is 326 g/mol. The number of hydrogen-bond donors (Lipinski definition) is 2. The number of aryl methyl sites for hydroxylation is 1. The topological polar surface area (TPSA) is 70.4 Å². The van der Waals surface area contributed by atoms with Gasteiger partial charge >= 0.3 is 6.03 Å². The Hall–Kier alpha value is -2.34. The zero-order chi connectivity index (χ0) is 16.7. The van der Waals surface area contributed by atoms with Crippen molar-refractivity contribution in [3.8, 4) is 5.69 Å². The maximum Gasteiger partial charge on any atom is 0.322 e. The Labute approximate surface area is 141 Å². The number of fused-ring (bicyclic) bond motifs is 1. The van der Waals surface area contributed by atoms with Crippen molar-refractivity contribution in [2.45, 2.75) is 38.3 Å². The van der Waals surface area contributed by atoms with Crippen molar-refractivity contribution in [1.82, 2.24) is 14.7 Å². The van der Waals surface area contributed by atoms with Gasteiger partial charge in [0, 0.05) is 24.6 Å². The van der Waals surface area contributed by atoms with Gasteiger partial charge in [0.1, 0.15) is 0 Å². The number of likely N-dealkylation sites (tertiary alicyclic amines) is 1. The van der Waals surface area contributed by atoms with Gasteiger partial charge in [-0.3, -0.25) is 0 Å². The number of hydrogen-bond acceptors (Lipinski definition) is 3. The molecule has 2 heterocycles. The molecule has 0 bridgehead atoms. The molecule has 0 spiro atoms. The fraction of sp³-hybridized carbons (Fsp3) is 0.444. The predicted octanol–water partition coefficient (Wildman–Crippen LogP) is 2.56. The number of benzene rings is 1. The Kier molecular flexibility index (Phi) is 3.76. The van der Waals surface area contributed by atoms with Crippen molar-refractivity contribution in [2.75, 3.05) is 11.9 Å². The van der Waals surface area contributed by atoms with E-state index in [9.17, 15) is 9.90 Å². The van der Waals surface area contributed by atoms with E-state index in [4.69, 9.17) is 0 Å². The summed E-state index contributed by atoms with van der Waals surface area (Å²) in [4.78, 5) is 14.5. The zero-order valence-electron chi connectivity index (χ0n) is 13.7. The van der Waals surface area contributed by atoms with Crippen molar-refractivity contribution in [2.24, 2.45) is 5.92 Å². The van der Waals surface area contributed by atoms with Gasteiger partial charge in [-0.25, -0.2) is 9.48 Å². The minimum atomic E-state index is -0.389. The van der Waals surface area contributed by atoms with Crippen molar-refractivity contribution >= 4 is 11.7 Å². The molecule has 1 aliphatic heterocycles. The number of aliphatic hydroxyl groups is 1. The molecule has 0 unspecified atom stereocenters. The van der Waals surface area contributed by atoms with Crippen LogP contribution in [0.25, 0.3) is 5.69 Å². The molecule has 24 heavy (non-hydrogen) atoms. The van der Waals surface area contributed by atoms with Crippen LogP contribution < -0.4 is 5.32 Å². The van der Waals surface area contributed by atoms with Crippen molar-refractivity contribution in [3.63, 3.8) is 0 Å². The molecule has 2 fully saturated rings. The highest BCUT2D eigenvalue weighted by Gasteiger charge is 2.45. The monoisotopic (exact) mass is 326 g/mol. The van der Waals surface area contributed by atoms with E-state index in [0.29, 0.717) is 5.92 Å². The minimum Gasteiger partial charge on any atom is -0.391 e. The van der Waals surface area contributed by atoms with E-state index in [1.165, 1.54) is 0 Å². The largest absolute Gasteiger partial charge is 0.391 e. The first-order chi connectivity index (χ1) is 11.6. The number of anilines is 1. The van der Waals surface area contributed by atoms with Gasteiger partial charge in [-0.2, -0.15) is 5.10 Å². The second-order valence-corrected chi connectivity index (χ2v) is 6.76. The van der Waals surface area contributed by atoms with Crippen LogP contribution in [0.2, 0.25) is 0 Å². The van der Waals surface area contributed by atoms with Crippen molar-refractivity contribution in [3.05, 3.63) is 42.2 Å². The third-order valence-corrected chi connectivity index (χ3v) is 5.30. The zero-order valence-corrected chi connectivity index (χ0v) is 13.7. The van der Waals surface area contributed by atoms with Crippen LogP contribution in [-0.2, 0) is 0 Å². The van der Waals surface area contributed by atoms with E-state index in [2.05, 4.69) is 10.4 Å². The van der Waals surface area contributed by atoms with Crippen molar-refractivity contribution < 1.29 is 9.90 Å².